The Morgan fingerprint density at radius 1 is 1.16 bits per heavy atom. The summed E-state index contributed by atoms with van der Waals surface area (Å²) in [5, 5.41) is 2.64. The largest absolute Gasteiger partial charge is 0.352 e. The van der Waals surface area contributed by atoms with Crippen molar-refractivity contribution in [3.05, 3.63) is 47.3 Å². The van der Waals surface area contributed by atoms with Gasteiger partial charge in [0, 0.05) is 6.54 Å². The molecule has 1 aromatic heterocycles. The molecule has 0 aliphatic heterocycles. The lowest BCUT2D eigenvalue weighted by Crippen LogP contribution is -2.21. The second kappa shape index (κ2) is 5.54. The van der Waals surface area contributed by atoms with E-state index in [0.717, 1.165) is 11.3 Å². The van der Waals surface area contributed by atoms with Crippen molar-refractivity contribution in [2.75, 3.05) is 6.54 Å². The Balaban J connectivity index is 2.36. The van der Waals surface area contributed by atoms with Crippen LogP contribution in [0, 0.1) is 0 Å². The lowest BCUT2D eigenvalue weighted by molar-refractivity contribution is 0.0960. The minimum Gasteiger partial charge on any atom is -0.352 e. The first-order chi connectivity index (χ1) is 9.05. The Bertz CT molecular complexity index is 675. The summed E-state index contributed by atoms with van der Waals surface area (Å²) < 4.78 is 24.8. The van der Waals surface area contributed by atoms with Gasteiger partial charge in [-0.3, -0.25) is 4.79 Å². The first-order valence-corrected chi connectivity index (χ1v) is 8.04. The van der Waals surface area contributed by atoms with E-state index in [2.05, 4.69) is 5.32 Å². The van der Waals surface area contributed by atoms with Gasteiger partial charge in [0.15, 0.2) is 0 Å². The average Bonchev–Trinajstić information content (AvgIpc) is 2.90. The molecule has 4 nitrogen and oxygen atoms in total. The van der Waals surface area contributed by atoms with Crippen LogP contribution in [0.4, 0.5) is 0 Å². The normalized spacial score (nSPS) is 11.2. The van der Waals surface area contributed by atoms with Crippen molar-refractivity contribution in [1.29, 1.82) is 0 Å². The van der Waals surface area contributed by atoms with Gasteiger partial charge in [0.1, 0.15) is 4.21 Å². The zero-order valence-electron chi connectivity index (χ0n) is 10.3. The summed E-state index contributed by atoms with van der Waals surface area (Å²) >= 11 is 0.983. The van der Waals surface area contributed by atoms with Crippen molar-refractivity contribution in [3.63, 3.8) is 0 Å². The smallest absolute Gasteiger partial charge is 0.261 e. The van der Waals surface area contributed by atoms with Crippen LogP contribution in [-0.4, -0.2) is 20.9 Å². The number of benzene rings is 1. The molecule has 0 spiro atoms. The fourth-order valence-electron chi connectivity index (χ4n) is 1.55. The quantitative estimate of drug-likeness (QED) is 0.941. The minimum absolute atomic E-state index is 0.181. The first-order valence-electron chi connectivity index (χ1n) is 5.74. The highest BCUT2D eigenvalue weighted by Crippen LogP contribution is 2.27. The van der Waals surface area contributed by atoms with E-state index >= 15 is 0 Å². The molecule has 0 saturated carbocycles. The van der Waals surface area contributed by atoms with Gasteiger partial charge in [-0.1, -0.05) is 18.2 Å². The van der Waals surface area contributed by atoms with Gasteiger partial charge in [0.25, 0.3) is 5.91 Å². The van der Waals surface area contributed by atoms with E-state index in [1.807, 2.05) is 6.92 Å². The minimum atomic E-state index is -3.53. The molecule has 0 radical (unpaired) electrons. The Labute approximate surface area is 116 Å². The first kappa shape index (κ1) is 13.8. The summed E-state index contributed by atoms with van der Waals surface area (Å²) in [5.74, 6) is -0.248. The molecule has 1 heterocycles. The molecule has 0 saturated heterocycles. The molecule has 2 rings (SSSR count). The summed E-state index contributed by atoms with van der Waals surface area (Å²) in [4.78, 5) is 12.3. The molecule has 1 N–H and O–H groups in total. The van der Waals surface area contributed by atoms with Crippen LogP contribution in [0.2, 0.25) is 0 Å². The Hall–Kier alpha value is -1.66. The van der Waals surface area contributed by atoms with Gasteiger partial charge >= 0.3 is 0 Å². The lowest BCUT2D eigenvalue weighted by Gasteiger charge is -2.01. The summed E-state index contributed by atoms with van der Waals surface area (Å²) in [6.07, 6.45) is 0. The number of nitrogens with one attached hydrogen (secondary N) is 1. The lowest BCUT2D eigenvalue weighted by atomic mass is 10.4. The number of carbonyl (C=O) groups is 1. The van der Waals surface area contributed by atoms with Crippen LogP contribution in [0.3, 0.4) is 0 Å². The molecule has 19 heavy (non-hydrogen) atoms. The van der Waals surface area contributed by atoms with Crippen molar-refractivity contribution >= 4 is 27.1 Å². The molecule has 0 atom stereocenters. The standard InChI is InChI=1S/C13H13NO3S2/c1-2-14-13(15)11-8-9-12(18-11)19(16,17)10-6-4-3-5-7-10/h3-9H,2H2,1H3,(H,14,15). The van der Waals surface area contributed by atoms with Crippen LogP contribution in [0.15, 0.2) is 51.6 Å². The van der Waals surface area contributed by atoms with Crippen LogP contribution in [-0.2, 0) is 9.84 Å². The van der Waals surface area contributed by atoms with Crippen molar-refractivity contribution in [2.24, 2.45) is 0 Å². The second-order valence-corrected chi connectivity index (χ2v) is 7.05. The van der Waals surface area contributed by atoms with Crippen LogP contribution in [0.5, 0.6) is 0 Å². The third-order valence-electron chi connectivity index (χ3n) is 2.46. The highest BCUT2D eigenvalue weighted by atomic mass is 32.2. The zero-order chi connectivity index (χ0) is 13.9. The number of hydrogen-bond acceptors (Lipinski definition) is 4. The van der Waals surface area contributed by atoms with E-state index in [-0.39, 0.29) is 15.0 Å². The predicted molar refractivity (Wildman–Crippen MR) is 74.2 cm³/mol. The summed E-state index contributed by atoms with van der Waals surface area (Å²) in [7, 11) is -3.53. The fraction of sp³-hybridized carbons (Fsp3) is 0.154. The Kier molecular flexibility index (Phi) is 4.01. The third-order valence-corrected chi connectivity index (χ3v) is 5.81. The number of carbonyl (C=O) groups excluding carboxylic acids is 1. The number of sulfone groups is 1. The summed E-state index contributed by atoms with van der Waals surface area (Å²) in [6, 6.07) is 11.2. The summed E-state index contributed by atoms with van der Waals surface area (Å²) in [5.41, 5.74) is 0. The Morgan fingerprint density at radius 2 is 1.84 bits per heavy atom. The third kappa shape index (κ3) is 2.85. The van der Waals surface area contributed by atoms with E-state index in [4.69, 9.17) is 0 Å². The number of rotatable bonds is 4. The fourth-order valence-corrected chi connectivity index (χ4v) is 4.20. The molecule has 0 bridgehead atoms. The average molecular weight is 295 g/mol. The van der Waals surface area contributed by atoms with Crippen LogP contribution >= 0.6 is 11.3 Å². The topological polar surface area (TPSA) is 63.2 Å². The van der Waals surface area contributed by atoms with E-state index in [0.29, 0.717) is 11.4 Å². The predicted octanol–water partition coefficient (Wildman–Crippen LogP) is 2.33. The van der Waals surface area contributed by atoms with E-state index in [9.17, 15) is 13.2 Å². The molecular formula is C13H13NO3S2. The maximum Gasteiger partial charge on any atom is 0.261 e. The molecular weight excluding hydrogens is 282 g/mol. The molecule has 100 valence electrons. The van der Waals surface area contributed by atoms with Gasteiger partial charge in [-0.25, -0.2) is 8.42 Å². The highest BCUT2D eigenvalue weighted by molar-refractivity contribution is 7.93. The van der Waals surface area contributed by atoms with E-state index in [1.54, 1.807) is 30.3 Å². The molecule has 1 amide bonds. The SMILES string of the molecule is CCNC(=O)c1ccc(S(=O)(=O)c2ccccc2)s1. The van der Waals surface area contributed by atoms with Gasteiger partial charge in [-0.05, 0) is 31.2 Å². The maximum absolute atomic E-state index is 12.3. The molecule has 2 aromatic rings. The molecule has 0 aliphatic carbocycles. The molecule has 0 fully saturated rings. The Morgan fingerprint density at radius 3 is 2.47 bits per heavy atom. The monoisotopic (exact) mass is 295 g/mol. The highest BCUT2D eigenvalue weighted by Gasteiger charge is 2.21. The molecule has 6 heteroatoms. The number of thiophene rings is 1. The molecule has 0 aliphatic rings. The summed E-state index contributed by atoms with van der Waals surface area (Å²) in [6.45, 7) is 2.32. The van der Waals surface area contributed by atoms with Gasteiger partial charge in [-0.15, -0.1) is 11.3 Å². The molecule has 0 unspecified atom stereocenters. The van der Waals surface area contributed by atoms with Gasteiger partial charge in [-0.2, -0.15) is 0 Å². The number of hydrogen-bond donors (Lipinski definition) is 1. The van der Waals surface area contributed by atoms with Crippen molar-refractivity contribution in [1.82, 2.24) is 5.32 Å². The molecule has 1 aromatic carbocycles. The van der Waals surface area contributed by atoms with Crippen LogP contribution < -0.4 is 5.32 Å². The van der Waals surface area contributed by atoms with Gasteiger partial charge < -0.3 is 5.32 Å². The maximum atomic E-state index is 12.3. The van der Waals surface area contributed by atoms with Gasteiger partial charge in [0.05, 0.1) is 9.77 Å². The van der Waals surface area contributed by atoms with Gasteiger partial charge in [0.2, 0.25) is 9.84 Å². The van der Waals surface area contributed by atoms with Crippen molar-refractivity contribution in [3.8, 4) is 0 Å². The van der Waals surface area contributed by atoms with E-state index < -0.39 is 9.84 Å². The second-order valence-electron chi connectivity index (χ2n) is 3.79. The van der Waals surface area contributed by atoms with Crippen molar-refractivity contribution in [2.45, 2.75) is 16.0 Å². The van der Waals surface area contributed by atoms with Crippen LogP contribution in [0.1, 0.15) is 16.6 Å². The van der Waals surface area contributed by atoms with E-state index in [1.165, 1.54) is 12.1 Å². The van der Waals surface area contributed by atoms with Crippen molar-refractivity contribution < 1.29 is 13.2 Å². The number of amides is 1. The van der Waals surface area contributed by atoms with Crippen LogP contribution in [0.25, 0.3) is 0 Å². The zero-order valence-corrected chi connectivity index (χ0v) is 11.9.